The third kappa shape index (κ3) is 9.06. The highest BCUT2D eigenvalue weighted by molar-refractivity contribution is 6.14. The maximum absolute atomic E-state index is 7.47. The summed E-state index contributed by atoms with van der Waals surface area (Å²) < 4.78 is 14.9. The van der Waals surface area contributed by atoms with Crippen LogP contribution in [0, 0.1) is 0 Å². The van der Waals surface area contributed by atoms with Crippen LogP contribution in [0.4, 0.5) is 0 Å². The van der Waals surface area contributed by atoms with E-state index in [4.69, 9.17) is 9.47 Å². The topological polar surface area (TPSA) is 18.5 Å². The van der Waals surface area contributed by atoms with Gasteiger partial charge in [0.15, 0.2) is 0 Å². The molecular formula is C70H50O2. The van der Waals surface area contributed by atoms with Crippen LogP contribution in [-0.2, 0) is 13.2 Å². The summed E-state index contributed by atoms with van der Waals surface area (Å²) in [6.07, 6.45) is 0. The van der Waals surface area contributed by atoms with Crippen LogP contribution >= 0.6 is 0 Å². The molecule has 0 saturated heterocycles. The van der Waals surface area contributed by atoms with E-state index in [1.807, 2.05) is 0 Å². The number of fused-ring (bicyclic) bond motifs is 2. The lowest BCUT2D eigenvalue weighted by Crippen LogP contribution is -2.04. The van der Waals surface area contributed by atoms with Gasteiger partial charge in [-0.3, -0.25) is 0 Å². The molecule has 0 spiro atoms. The first kappa shape index (κ1) is 44.0. The van der Waals surface area contributed by atoms with Crippen molar-refractivity contribution in [2.24, 2.45) is 0 Å². The molecule has 0 aromatic heterocycles. The van der Waals surface area contributed by atoms with Crippen molar-refractivity contribution in [1.82, 2.24) is 0 Å². The highest BCUT2D eigenvalue weighted by atomic mass is 16.5. The Balaban J connectivity index is 1.20. The van der Waals surface area contributed by atoms with Crippen molar-refractivity contribution in [3.05, 3.63) is 290 Å². The lowest BCUT2D eigenvalue weighted by atomic mass is 9.84. The zero-order valence-electron chi connectivity index (χ0n) is 39.8. The Hall–Kier alpha value is -9.24. The molecule has 0 saturated carbocycles. The molecule has 0 aliphatic heterocycles. The van der Waals surface area contributed by atoms with E-state index in [-0.39, 0.29) is 0 Å². The monoisotopic (exact) mass is 922 g/mol. The maximum Gasteiger partial charge on any atom is 0.136 e. The Morgan fingerprint density at radius 1 is 0.222 bits per heavy atom. The summed E-state index contributed by atoms with van der Waals surface area (Å²) in [6.45, 7) is 0.723. The molecular weight excluding hydrogens is 873 g/mol. The Morgan fingerprint density at radius 3 is 0.806 bits per heavy atom. The summed E-state index contributed by atoms with van der Waals surface area (Å²) >= 11 is 0. The zero-order chi connectivity index (χ0) is 48.1. The van der Waals surface area contributed by atoms with Gasteiger partial charge in [0.25, 0.3) is 0 Å². The van der Waals surface area contributed by atoms with Gasteiger partial charge < -0.3 is 9.47 Å². The minimum atomic E-state index is 0.362. The minimum Gasteiger partial charge on any atom is -0.488 e. The second-order valence-electron chi connectivity index (χ2n) is 18.3. The van der Waals surface area contributed by atoms with Gasteiger partial charge in [-0.1, -0.05) is 231 Å². The van der Waals surface area contributed by atoms with Crippen molar-refractivity contribution in [1.29, 1.82) is 0 Å². The van der Waals surface area contributed by atoms with Crippen molar-refractivity contribution in [3.8, 4) is 89.4 Å². The number of hydrogen-bond donors (Lipinski definition) is 0. The Bertz CT molecular complexity index is 3440. The van der Waals surface area contributed by atoms with Gasteiger partial charge in [-0.2, -0.15) is 0 Å². The summed E-state index contributed by atoms with van der Waals surface area (Å²) in [5, 5.41) is 4.34. The largest absolute Gasteiger partial charge is 0.488 e. The van der Waals surface area contributed by atoms with E-state index in [1.54, 1.807) is 0 Å². The molecule has 72 heavy (non-hydrogen) atoms. The number of hydrogen-bond acceptors (Lipinski definition) is 2. The molecule has 12 aromatic carbocycles. The van der Waals surface area contributed by atoms with Gasteiger partial charge >= 0.3 is 0 Å². The first-order valence-corrected chi connectivity index (χ1v) is 24.7. The fourth-order valence-corrected chi connectivity index (χ4v) is 10.1. The molecule has 0 heterocycles. The predicted octanol–water partition coefficient (Wildman–Crippen LogP) is 18.8. The van der Waals surface area contributed by atoms with E-state index in [0.717, 1.165) is 122 Å². The zero-order valence-corrected chi connectivity index (χ0v) is 39.8. The quantitative estimate of drug-likeness (QED) is 0.115. The predicted molar refractivity (Wildman–Crippen MR) is 301 cm³/mol. The first-order chi connectivity index (χ1) is 35.7. The Labute approximate surface area is 421 Å². The van der Waals surface area contributed by atoms with Gasteiger partial charge in [-0.25, -0.2) is 0 Å². The van der Waals surface area contributed by atoms with Gasteiger partial charge in [0.2, 0.25) is 0 Å². The van der Waals surface area contributed by atoms with Gasteiger partial charge in [-0.15, -0.1) is 0 Å². The molecule has 0 unspecified atom stereocenters. The molecule has 0 aliphatic carbocycles. The molecule has 0 bridgehead atoms. The van der Waals surface area contributed by atoms with Gasteiger partial charge in [-0.05, 0) is 137 Å². The van der Waals surface area contributed by atoms with E-state index in [1.165, 1.54) is 0 Å². The fraction of sp³-hybridized carbons (Fsp3) is 0.0286. The van der Waals surface area contributed by atoms with E-state index >= 15 is 0 Å². The number of ether oxygens (including phenoxy) is 2. The van der Waals surface area contributed by atoms with E-state index in [0.29, 0.717) is 13.2 Å². The number of rotatable bonds is 13. The van der Waals surface area contributed by atoms with E-state index in [9.17, 15) is 0 Å². The summed E-state index contributed by atoms with van der Waals surface area (Å²) in [5.74, 6) is 1.58. The number of benzene rings is 12. The van der Waals surface area contributed by atoms with Crippen LogP contribution in [0.3, 0.4) is 0 Å². The summed E-state index contributed by atoms with van der Waals surface area (Å²) in [6, 6.07) is 99.8. The highest BCUT2D eigenvalue weighted by Gasteiger charge is 2.27. The van der Waals surface area contributed by atoms with E-state index in [2.05, 4.69) is 279 Å². The molecule has 0 aliphatic rings. The molecule has 0 atom stereocenters. The molecule has 0 radical (unpaired) electrons. The third-order valence-corrected chi connectivity index (χ3v) is 13.6. The molecule has 342 valence electrons. The molecule has 0 N–H and O–H groups in total. The standard InChI is InChI=1S/C70H50O2/c1-7-23-49(24-8-1)47-71-69-65(61-41-57(51-27-11-3-12-28-51)39-58(42-61)52-29-13-4-14-30-52)45-55-35-19-21-37-63(55)67(69)68-64-38-22-20-36-56(64)46-66(70(68)72-48-50-25-9-2-10-26-50)62-43-59(53-31-15-5-16-32-53)40-60(44-62)54-33-17-6-18-34-54/h1-46H,47-48H2. The summed E-state index contributed by atoms with van der Waals surface area (Å²) in [5.41, 5.74) is 17.3. The molecule has 12 rings (SSSR count). The van der Waals surface area contributed by atoms with Crippen LogP contribution in [-0.4, -0.2) is 0 Å². The molecule has 2 nitrogen and oxygen atoms in total. The summed E-state index contributed by atoms with van der Waals surface area (Å²) in [4.78, 5) is 0. The van der Waals surface area contributed by atoms with E-state index < -0.39 is 0 Å². The van der Waals surface area contributed by atoms with Crippen molar-refractivity contribution in [2.45, 2.75) is 13.2 Å². The minimum absolute atomic E-state index is 0.362. The van der Waals surface area contributed by atoms with Crippen molar-refractivity contribution < 1.29 is 9.47 Å². The molecule has 2 heteroatoms. The SMILES string of the molecule is c1ccc(COc2c(-c3cc(-c4ccccc4)cc(-c4ccccc4)c3)cc3ccccc3c2-c2c(OCc3ccccc3)c(-c3cc(-c4ccccc4)cc(-c4ccccc4)c3)cc3ccccc23)cc1. The molecule has 12 aromatic rings. The van der Waals surface area contributed by atoms with Crippen LogP contribution in [0.25, 0.3) is 99.4 Å². The van der Waals surface area contributed by atoms with Crippen molar-refractivity contribution >= 4 is 21.5 Å². The van der Waals surface area contributed by atoms with Gasteiger partial charge in [0, 0.05) is 22.3 Å². The van der Waals surface area contributed by atoms with Crippen molar-refractivity contribution in [2.75, 3.05) is 0 Å². The van der Waals surface area contributed by atoms with Crippen LogP contribution in [0.5, 0.6) is 11.5 Å². The first-order valence-electron chi connectivity index (χ1n) is 24.7. The van der Waals surface area contributed by atoms with Crippen molar-refractivity contribution in [3.63, 3.8) is 0 Å². The average molecular weight is 923 g/mol. The van der Waals surface area contributed by atoms with Gasteiger partial charge in [0.1, 0.15) is 24.7 Å². The normalized spacial score (nSPS) is 11.2. The second-order valence-corrected chi connectivity index (χ2v) is 18.3. The lowest BCUT2D eigenvalue weighted by Gasteiger charge is -2.25. The highest BCUT2D eigenvalue weighted by Crippen LogP contribution is 2.54. The molecule has 0 amide bonds. The fourth-order valence-electron chi connectivity index (χ4n) is 10.1. The Kier molecular flexibility index (Phi) is 12.2. The smallest absolute Gasteiger partial charge is 0.136 e. The van der Waals surface area contributed by atoms with Crippen LogP contribution in [0.2, 0.25) is 0 Å². The summed E-state index contributed by atoms with van der Waals surface area (Å²) in [7, 11) is 0. The van der Waals surface area contributed by atoms with Gasteiger partial charge in [0.05, 0.1) is 0 Å². The second kappa shape index (κ2) is 20.0. The average Bonchev–Trinajstić information content (AvgIpc) is 3.46. The Morgan fingerprint density at radius 2 is 0.486 bits per heavy atom. The lowest BCUT2D eigenvalue weighted by molar-refractivity contribution is 0.305. The third-order valence-electron chi connectivity index (χ3n) is 13.6. The van der Waals surface area contributed by atoms with Crippen LogP contribution in [0.15, 0.2) is 279 Å². The van der Waals surface area contributed by atoms with Crippen LogP contribution < -0.4 is 9.47 Å². The van der Waals surface area contributed by atoms with Crippen LogP contribution in [0.1, 0.15) is 11.1 Å². The molecule has 0 fully saturated rings. The maximum atomic E-state index is 7.47.